The van der Waals surface area contributed by atoms with Gasteiger partial charge in [-0.05, 0) is 26.2 Å². The Hall–Kier alpha value is -1.30. The molecule has 0 aromatic rings. The van der Waals surface area contributed by atoms with Gasteiger partial charge in [-0.3, -0.25) is 4.79 Å². The zero-order valence-electron chi connectivity index (χ0n) is 10.4. The van der Waals surface area contributed by atoms with Gasteiger partial charge in [0.05, 0.1) is 6.04 Å². The molecular weight excluding hydrogens is 222 g/mol. The van der Waals surface area contributed by atoms with Crippen molar-refractivity contribution in [3.05, 3.63) is 0 Å². The lowest BCUT2D eigenvalue weighted by Gasteiger charge is -2.25. The molecule has 1 heterocycles. The van der Waals surface area contributed by atoms with Crippen LogP contribution in [0.15, 0.2) is 5.16 Å². The van der Waals surface area contributed by atoms with E-state index in [4.69, 9.17) is 15.7 Å². The molecule has 4 N–H and O–H groups in total. The third-order valence-electron chi connectivity index (χ3n) is 3.05. The topological polar surface area (TPSA) is 96.9 Å². The second kappa shape index (κ2) is 5.86. The Balaban J connectivity index is 2.63. The maximum atomic E-state index is 12.0. The molecule has 2 atom stereocenters. The summed E-state index contributed by atoms with van der Waals surface area (Å²) in [6, 6.07) is -0.432. The summed E-state index contributed by atoms with van der Waals surface area (Å²) < 4.78 is 5.44. The molecule has 0 aromatic carbocycles. The van der Waals surface area contributed by atoms with Crippen molar-refractivity contribution in [1.82, 2.24) is 5.32 Å². The number of nitrogens with zero attached hydrogens (tertiary/aromatic N) is 1. The molecule has 1 saturated heterocycles. The standard InChI is InChI=1S/C11H21N3O3/c1-3-5-8(9(12)14-16)13-10(15)11(2)6-4-7-17-11/h8,16H,3-7H2,1-2H3,(H2,12,14)(H,13,15). The highest BCUT2D eigenvalue weighted by Crippen LogP contribution is 2.25. The van der Waals surface area contributed by atoms with Crippen LogP contribution in [0.5, 0.6) is 0 Å². The third-order valence-corrected chi connectivity index (χ3v) is 3.05. The third kappa shape index (κ3) is 3.33. The minimum atomic E-state index is -0.776. The largest absolute Gasteiger partial charge is 0.409 e. The summed E-state index contributed by atoms with van der Waals surface area (Å²) in [6.07, 6.45) is 3.05. The quantitative estimate of drug-likeness (QED) is 0.285. The lowest BCUT2D eigenvalue weighted by atomic mass is 10.0. The number of hydrogen-bond acceptors (Lipinski definition) is 4. The van der Waals surface area contributed by atoms with E-state index >= 15 is 0 Å². The maximum absolute atomic E-state index is 12.0. The second-order valence-electron chi connectivity index (χ2n) is 4.52. The van der Waals surface area contributed by atoms with Crippen molar-refractivity contribution in [2.24, 2.45) is 10.9 Å². The summed E-state index contributed by atoms with van der Waals surface area (Å²) in [6.45, 7) is 4.34. The van der Waals surface area contributed by atoms with Crippen molar-refractivity contribution < 1.29 is 14.7 Å². The van der Waals surface area contributed by atoms with Crippen molar-refractivity contribution in [1.29, 1.82) is 0 Å². The highest BCUT2D eigenvalue weighted by atomic mass is 16.5. The maximum Gasteiger partial charge on any atom is 0.252 e. The average molecular weight is 243 g/mol. The molecule has 0 aliphatic carbocycles. The number of rotatable bonds is 5. The minimum absolute atomic E-state index is 0.0294. The highest BCUT2D eigenvalue weighted by Gasteiger charge is 2.38. The first kappa shape index (κ1) is 13.8. The van der Waals surface area contributed by atoms with E-state index in [0.29, 0.717) is 19.4 Å². The van der Waals surface area contributed by atoms with Crippen LogP contribution in [0.2, 0.25) is 0 Å². The molecule has 1 aliphatic rings. The number of carbonyl (C=O) groups is 1. The van der Waals surface area contributed by atoms with Crippen LogP contribution in [-0.2, 0) is 9.53 Å². The van der Waals surface area contributed by atoms with Gasteiger partial charge in [0.25, 0.3) is 5.91 Å². The average Bonchev–Trinajstić information content (AvgIpc) is 2.76. The number of carbonyl (C=O) groups excluding carboxylic acids is 1. The number of hydrogen-bond donors (Lipinski definition) is 3. The number of amidine groups is 1. The van der Waals surface area contributed by atoms with Gasteiger partial charge in [0.1, 0.15) is 5.60 Å². The van der Waals surface area contributed by atoms with E-state index in [1.807, 2.05) is 6.92 Å². The van der Waals surface area contributed by atoms with Crippen LogP contribution in [0.25, 0.3) is 0 Å². The van der Waals surface area contributed by atoms with Crippen LogP contribution in [0.4, 0.5) is 0 Å². The Labute approximate surface area is 101 Å². The molecule has 0 spiro atoms. The molecule has 6 heteroatoms. The van der Waals surface area contributed by atoms with Crippen molar-refractivity contribution in [2.45, 2.75) is 51.2 Å². The minimum Gasteiger partial charge on any atom is -0.409 e. The van der Waals surface area contributed by atoms with E-state index in [1.165, 1.54) is 0 Å². The number of amides is 1. The van der Waals surface area contributed by atoms with Crippen LogP contribution in [0, 0.1) is 0 Å². The molecule has 0 bridgehead atoms. The first-order chi connectivity index (χ1) is 8.03. The van der Waals surface area contributed by atoms with Gasteiger partial charge in [0.15, 0.2) is 5.84 Å². The van der Waals surface area contributed by atoms with Gasteiger partial charge in [-0.15, -0.1) is 0 Å². The summed E-state index contributed by atoms with van der Waals surface area (Å²) in [5, 5.41) is 14.4. The van der Waals surface area contributed by atoms with Gasteiger partial charge in [-0.1, -0.05) is 18.5 Å². The summed E-state index contributed by atoms with van der Waals surface area (Å²) in [5.41, 5.74) is 4.76. The predicted octanol–water partition coefficient (Wildman–Crippen LogP) is 0.587. The first-order valence-corrected chi connectivity index (χ1v) is 5.96. The lowest BCUT2D eigenvalue weighted by Crippen LogP contribution is -2.52. The molecule has 1 amide bonds. The zero-order chi connectivity index (χ0) is 12.9. The Morgan fingerprint density at radius 1 is 1.71 bits per heavy atom. The first-order valence-electron chi connectivity index (χ1n) is 5.96. The SMILES string of the molecule is CCCC(NC(=O)C1(C)CCCO1)C(N)=NO. The van der Waals surface area contributed by atoms with E-state index in [0.717, 1.165) is 12.8 Å². The number of ether oxygens (including phenoxy) is 1. The van der Waals surface area contributed by atoms with Gasteiger partial charge in [-0.2, -0.15) is 0 Å². The molecule has 0 radical (unpaired) electrons. The predicted molar refractivity (Wildman–Crippen MR) is 63.8 cm³/mol. The normalized spacial score (nSPS) is 26.8. The van der Waals surface area contributed by atoms with E-state index in [1.54, 1.807) is 6.92 Å². The smallest absolute Gasteiger partial charge is 0.252 e. The van der Waals surface area contributed by atoms with E-state index in [9.17, 15) is 4.79 Å². The molecule has 0 saturated carbocycles. The van der Waals surface area contributed by atoms with Crippen LogP contribution < -0.4 is 11.1 Å². The molecule has 1 aliphatic heterocycles. The van der Waals surface area contributed by atoms with Crippen LogP contribution in [-0.4, -0.2) is 35.2 Å². The molecule has 1 rings (SSSR count). The van der Waals surface area contributed by atoms with Gasteiger partial charge < -0.3 is 21.0 Å². The van der Waals surface area contributed by atoms with Gasteiger partial charge >= 0.3 is 0 Å². The van der Waals surface area contributed by atoms with Gasteiger partial charge in [-0.25, -0.2) is 0 Å². The molecule has 17 heavy (non-hydrogen) atoms. The van der Waals surface area contributed by atoms with E-state index in [-0.39, 0.29) is 11.7 Å². The summed E-state index contributed by atoms with van der Waals surface area (Å²) in [7, 11) is 0. The van der Waals surface area contributed by atoms with Crippen LogP contribution >= 0.6 is 0 Å². The van der Waals surface area contributed by atoms with Crippen molar-refractivity contribution in [3.8, 4) is 0 Å². The van der Waals surface area contributed by atoms with E-state index in [2.05, 4.69) is 10.5 Å². The molecular formula is C11H21N3O3. The van der Waals surface area contributed by atoms with Crippen LogP contribution in [0.1, 0.15) is 39.5 Å². The number of nitrogens with one attached hydrogen (secondary N) is 1. The monoisotopic (exact) mass is 243 g/mol. The Bertz CT molecular complexity index is 298. The number of nitrogens with two attached hydrogens (primary N) is 1. The number of oxime groups is 1. The van der Waals surface area contributed by atoms with E-state index < -0.39 is 11.6 Å². The van der Waals surface area contributed by atoms with Crippen molar-refractivity contribution in [2.75, 3.05) is 6.61 Å². The fourth-order valence-electron chi connectivity index (χ4n) is 1.92. The van der Waals surface area contributed by atoms with Gasteiger partial charge in [0, 0.05) is 6.61 Å². The molecule has 0 aromatic heterocycles. The molecule has 6 nitrogen and oxygen atoms in total. The Morgan fingerprint density at radius 3 is 2.88 bits per heavy atom. The highest BCUT2D eigenvalue weighted by molar-refractivity contribution is 5.92. The van der Waals surface area contributed by atoms with Crippen LogP contribution in [0.3, 0.4) is 0 Å². The summed E-state index contributed by atoms with van der Waals surface area (Å²) >= 11 is 0. The zero-order valence-corrected chi connectivity index (χ0v) is 10.4. The lowest BCUT2D eigenvalue weighted by molar-refractivity contribution is -0.139. The summed E-state index contributed by atoms with van der Waals surface area (Å²) in [4.78, 5) is 12.0. The van der Waals surface area contributed by atoms with Crippen molar-refractivity contribution >= 4 is 11.7 Å². The van der Waals surface area contributed by atoms with Crippen molar-refractivity contribution in [3.63, 3.8) is 0 Å². The van der Waals surface area contributed by atoms with Gasteiger partial charge in [0.2, 0.25) is 0 Å². The molecule has 98 valence electrons. The fraction of sp³-hybridized carbons (Fsp3) is 0.818. The Morgan fingerprint density at radius 2 is 2.41 bits per heavy atom. The molecule has 1 fully saturated rings. The Kier molecular flexibility index (Phi) is 4.74. The summed E-state index contributed by atoms with van der Waals surface area (Å²) in [5.74, 6) is -0.165. The second-order valence-corrected chi connectivity index (χ2v) is 4.52. The fourth-order valence-corrected chi connectivity index (χ4v) is 1.92. The molecule has 2 unspecified atom stereocenters.